The van der Waals surface area contributed by atoms with Crippen LogP contribution in [0.3, 0.4) is 0 Å². The van der Waals surface area contributed by atoms with E-state index < -0.39 is 0 Å². The van der Waals surface area contributed by atoms with Crippen LogP contribution in [0.15, 0.2) is 0 Å². The van der Waals surface area contributed by atoms with E-state index in [1.54, 1.807) is 0 Å². The highest BCUT2D eigenvalue weighted by atomic mass is 15.1. The van der Waals surface area contributed by atoms with Crippen molar-refractivity contribution < 1.29 is 0 Å². The average Bonchev–Trinajstić information content (AvgIpc) is 2.67. The van der Waals surface area contributed by atoms with Crippen LogP contribution in [0, 0.1) is 5.41 Å². The zero-order chi connectivity index (χ0) is 15.8. The highest BCUT2D eigenvalue weighted by Crippen LogP contribution is 2.36. The average molecular weight is 297 g/mol. The van der Waals surface area contributed by atoms with Gasteiger partial charge < -0.3 is 10.2 Å². The molecule has 0 aliphatic heterocycles. The van der Waals surface area contributed by atoms with Crippen molar-refractivity contribution in [2.24, 2.45) is 5.41 Å². The van der Waals surface area contributed by atoms with Crippen LogP contribution in [-0.4, -0.2) is 36.6 Å². The van der Waals surface area contributed by atoms with Gasteiger partial charge in [0.2, 0.25) is 0 Å². The molecule has 0 heterocycles. The molecule has 0 spiro atoms. The van der Waals surface area contributed by atoms with E-state index >= 15 is 0 Å². The summed E-state index contributed by atoms with van der Waals surface area (Å²) in [6.45, 7) is 16.5. The van der Waals surface area contributed by atoms with E-state index in [9.17, 15) is 0 Å². The van der Waals surface area contributed by atoms with E-state index in [4.69, 9.17) is 0 Å². The fourth-order valence-electron chi connectivity index (χ4n) is 3.53. The molecule has 2 heteroatoms. The Morgan fingerprint density at radius 1 is 1.00 bits per heavy atom. The zero-order valence-electron chi connectivity index (χ0n) is 15.4. The highest BCUT2D eigenvalue weighted by Gasteiger charge is 2.33. The van der Waals surface area contributed by atoms with Crippen molar-refractivity contribution in [1.29, 1.82) is 0 Å². The van der Waals surface area contributed by atoms with Gasteiger partial charge >= 0.3 is 0 Å². The molecule has 2 nitrogen and oxygen atoms in total. The minimum atomic E-state index is 0.236. The summed E-state index contributed by atoms with van der Waals surface area (Å²) >= 11 is 0. The Morgan fingerprint density at radius 3 is 2.10 bits per heavy atom. The van der Waals surface area contributed by atoms with Gasteiger partial charge in [-0.25, -0.2) is 0 Å². The molecule has 0 unspecified atom stereocenters. The molecule has 21 heavy (non-hydrogen) atoms. The maximum absolute atomic E-state index is 3.82. The molecule has 1 aliphatic rings. The first-order valence-electron chi connectivity index (χ1n) is 9.38. The lowest BCUT2D eigenvalue weighted by atomic mass is 9.79. The van der Waals surface area contributed by atoms with Crippen LogP contribution in [0.4, 0.5) is 0 Å². The Kier molecular flexibility index (Phi) is 8.26. The first kappa shape index (κ1) is 19.0. The predicted octanol–water partition coefficient (Wildman–Crippen LogP) is 4.84. The summed E-state index contributed by atoms with van der Waals surface area (Å²) in [4.78, 5) is 2.71. The van der Waals surface area contributed by atoms with E-state index in [0.29, 0.717) is 5.41 Å². The van der Waals surface area contributed by atoms with Gasteiger partial charge in [-0.15, -0.1) is 0 Å². The molecule has 1 rings (SSSR count). The number of unbranched alkanes of at least 4 members (excludes halogenated alkanes) is 1. The van der Waals surface area contributed by atoms with Gasteiger partial charge in [-0.3, -0.25) is 0 Å². The number of hydrogen-bond donors (Lipinski definition) is 1. The molecule has 0 aromatic carbocycles. The minimum absolute atomic E-state index is 0.236. The molecule has 0 amide bonds. The molecule has 126 valence electrons. The lowest BCUT2D eigenvalue weighted by Gasteiger charge is -2.40. The summed E-state index contributed by atoms with van der Waals surface area (Å²) in [5.41, 5.74) is 0.743. The van der Waals surface area contributed by atoms with Crippen LogP contribution < -0.4 is 5.32 Å². The van der Waals surface area contributed by atoms with Gasteiger partial charge in [-0.05, 0) is 58.5 Å². The molecular formula is C19H40N2. The molecule has 0 aromatic rings. The van der Waals surface area contributed by atoms with Crippen molar-refractivity contribution in [2.45, 2.75) is 91.5 Å². The number of hydrogen-bond acceptors (Lipinski definition) is 2. The predicted molar refractivity (Wildman–Crippen MR) is 94.9 cm³/mol. The zero-order valence-corrected chi connectivity index (χ0v) is 15.4. The van der Waals surface area contributed by atoms with E-state index in [1.165, 1.54) is 77.5 Å². The molecule has 1 saturated carbocycles. The van der Waals surface area contributed by atoms with Gasteiger partial charge in [0, 0.05) is 18.6 Å². The SMILES string of the molecule is CCCCN(CC)CC1(CNC(C)(C)C)CCCCCC1. The molecular weight excluding hydrogens is 256 g/mol. The lowest BCUT2D eigenvalue weighted by Crippen LogP contribution is -2.49. The van der Waals surface area contributed by atoms with Crippen LogP contribution in [0.2, 0.25) is 0 Å². The fourth-order valence-corrected chi connectivity index (χ4v) is 3.53. The van der Waals surface area contributed by atoms with Crippen LogP contribution in [0.1, 0.15) is 86.0 Å². The Hall–Kier alpha value is -0.0800. The van der Waals surface area contributed by atoms with E-state index in [2.05, 4.69) is 44.8 Å². The number of nitrogens with zero attached hydrogens (tertiary/aromatic N) is 1. The second-order valence-corrected chi connectivity index (χ2v) is 8.24. The van der Waals surface area contributed by atoms with E-state index in [0.717, 1.165) is 0 Å². The Bertz CT molecular complexity index is 259. The molecule has 1 fully saturated rings. The maximum Gasteiger partial charge on any atom is 0.00967 e. The molecule has 1 N–H and O–H groups in total. The molecule has 0 radical (unpaired) electrons. The van der Waals surface area contributed by atoms with Gasteiger partial charge in [0.15, 0.2) is 0 Å². The van der Waals surface area contributed by atoms with Crippen molar-refractivity contribution in [3.63, 3.8) is 0 Å². The monoisotopic (exact) mass is 296 g/mol. The Labute approximate surface area is 134 Å². The standard InChI is InChI=1S/C19H40N2/c1-6-8-15-21(7-2)17-19(16-20-18(3,4)5)13-11-9-10-12-14-19/h20H,6-17H2,1-5H3. The third kappa shape index (κ3) is 7.65. The molecule has 1 aliphatic carbocycles. The Balaban J connectivity index is 2.69. The van der Waals surface area contributed by atoms with Gasteiger partial charge in [-0.1, -0.05) is 46.0 Å². The van der Waals surface area contributed by atoms with E-state index in [1.807, 2.05) is 0 Å². The van der Waals surface area contributed by atoms with Gasteiger partial charge in [0.25, 0.3) is 0 Å². The normalized spacial score (nSPS) is 19.7. The summed E-state index contributed by atoms with van der Waals surface area (Å²) in [7, 11) is 0. The van der Waals surface area contributed by atoms with Crippen molar-refractivity contribution in [2.75, 3.05) is 26.2 Å². The number of rotatable bonds is 8. The van der Waals surface area contributed by atoms with Gasteiger partial charge in [-0.2, -0.15) is 0 Å². The summed E-state index contributed by atoms with van der Waals surface area (Å²) in [6, 6.07) is 0. The van der Waals surface area contributed by atoms with Crippen LogP contribution in [0.5, 0.6) is 0 Å². The first-order chi connectivity index (χ1) is 9.91. The molecule has 0 saturated heterocycles. The van der Waals surface area contributed by atoms with Crippen LogP contribution in [0.25, 0.3) is 0 Å². The van der Waals surface area contributed by atoms with Crippen molar-refractivity contribution in [3.05, 3.63) is 0 Å². The Morgan fingerprint density at radius 2 is 1.62 bits per heavy atom. The topological polar surface area (TPSA) is 15.3 Å². The molecule has 0 bridgehead atoms. The minimum Gasteiger partial charge on any atom is -0.311 e. The molecule has 0 aromatic heterocycles. The number of nitrogens with one attached hydrogen (secondary N) is 1. The second-order valence-electron chi connectivity index (χ2n) is 8.24. The van der Waals surface area contributed by atoms with E-state index in [-0.39, 0.29) is 5.54 Å². The van der Waals surface area contributed by atoms with Gasteiger partial charge in [0.1, 0.15) is 0 Å². The van der Waals surface area contributed by atoms with Crippen LogP contribution in [-0.2, 0) is 0 Å². The molecule has 0 atom stereocenters. The van der Waals surface area contributed by atoms with Crippen molar-refractivity contribution in [3.8, 4) is 0 Å². The fraction of sp³-hybridized carbons (Fsp3) is 1.00. The first-order valence-corrected chi connectivity index (χ1v) is 9.38. The smallest absolute Gasteiger partial charge is 0.00967 e. The summed E-state index contributed by atoms with van der Waals surface area (Å²) < 4.78 is 0. The quantitative estimate of drug-likeness (QED) is 0.645. The summed E-state index contributed by atoms with van der Waals surface area (Å²) in [6.07, 6.45) is 11.2. The third-order valence-corrected chi connectivity index (χ3v) is 4.99. The van der Waals surface area contributed by atoms with Crippen molar-refractivity contribution in [1.82, 2.24) is 10.2 Å². The summed E-state index contributed by atoms with van der Waals surface area (Å²) in [5, 5.41) is 3.82. The maximum atomic E-state index is 3.82. The highest BCUT2D eigenvalue weighted by molar-refractivity contribution is 4.89. The lowest BCUT2D eigenvalue weighted by molar-refractivity contribution is 0.121. The summed E-state index contributed by atoms with van der Waals surface area (Å²) in [5.74, 6) is 0. The van der Waals surface area contributed by atoms with Crippen molar-refractivity contribution >= 4 is 0 Å². The van der Waals surface area contributed by atoms with Gasteiger partial charge in [0.05, 0.1) is 0 Å². The third-order valence-electron chi connectivity index (χ3n) is 4.99. The second kappa shape index (κ2) is 9.15. The largest absolute Gasteiger partial charge is 0.311 e. The van der Waals surface area contributed by atoms with Crippen LogP contribution >= 0.6 is 0 Å².